The van der Waals surface area contributed by atoms with Crippen LogP contribution >= 0.6 is 15.9 Å². The number of nitrogens with one attached hydrogen (secondary N) is 1. The summed E-state index contributed by atoms with van der Waals surface area (Å²) < 4.78 is 27.1. The summed E-state index contributed by atoms with van der Waals surface area (Å²) in [5, 5.41) is 12.2. The number of halogens is 3. The largest absolute Gasteiger partial charge is 0.393 e. The Morgan fingerprint density at radius 1 is 1.41 bits per heavy atom. The van der Waals surface area contributed by atoms with E-state index in [4.69, 9.17) is 0 Å². The Morgan fingerprint density at radius 3 is 2.76 bits per heavy atom. The Hall–Kier alpha value is -0.520. The first-order valence-electron chi connectivity index (χ1n) is 5.57. The van der Waals surface area contributed by atoms with E-state index in [2.05, 4.69) is 21.2 Å². The van der Waals surface area contributed by atoms with Gasteiger partial charge in [0.1, 0.15) is 11.6 Å². The van der Waals surface area contributed by atoms with E-state index in [-0.39, 0.29) is 22.7 Å². The van der Waals surface area contributed by atoms with E-state index in [0.717, 1.165) is 0 Å². The van der Waals surface area contributed by atoms with Crippen LogP contribution < -0.4 is 5.32 Å². The average Bonchev–Trinajstić information content (AvgIpc) is 2.32. The minimum Gasteiger partial charge on any atom is -0.393 e. The average molecular weight is 308 g/mol. The highest BCUT2D eigenvalue weighted by atomic mass is 79.9. The van der Waals surface area contributed by atoms with Crippen LogP contribution in [0.3, 0.4) is 0 Å². The maximum Gasteiger partial charge on any atom is 0.144 e. The molecule has 0 aliphatic carbocycles. The van der Waals surface area contributed by atoms with Crippen LogP contribution in [0.5, 0.6) is 0 Å². The van der Waals surface area contributed by atoms with Gasteiger partial charge in [-0.25, -0.2) is 8.78 Å². The molecule has 0 bridgehead atoms. The van der Waals surface area contributed by atoms with Gasteiger partial charge in [0.25, 0.3) is 0 Å². The molecule has 1 aromatic carbocycles. The molecule has 0 heterocycles. The van der Waals surface area contributed by atoms with Gasteiger partial charge in [-0.1, -0.05) is 6.92 Å². The van der Waals surface area contributed by atoms with Gasteiger partial charge in [-0.2, -0.15) is 0 Å². The lowest BCUT2D eigenvalue weighted by atomic mass is 10.2. The zero-order valence-corrected chi connectivity index (χ0v) is 11.2. The molecule has 0 aromatic heterocycles. The van der Waals surface area contributed by atoms with Gasteiger partial charge in [-0.3, -0.25) is 0 Å². The molecule has 1 rings (SSSR count). The Labute approximate surface area is 108 Å². The van der Waals surface area contributed by atoms with Crippen molar-refractivity contribution in [2.75, 3.05) is 6.54 Å². The highest BCUT2D eigenvalue weighted by Crippen LogP contribution is 2.21. The van der Waals surface area contributed by atoms with E-state index in [1.165, 1.54) is 12.1 Å². The Bertz CT molecular complexity index is 374. The second kappa shape index (κ2) is 7.03. The van der Waals surface area contributed by atoms with Gasteiger partial charge in [-0.15, -0.1) is 0 Å². The summed E-state index contributed by atoms with van der Waals surface area (Å²) in [7, 11) is 0. The second-order valence-corrected chi connectivity index (χ2v) is 4.70. The quantitative estimate of drug-likeness (QED) is 0.625. The summed E-state index contributed by atoms with van der Waals surface area (Å²) in [5.74, 6) is -1.14. The highest BCUT2D eigenvalue weighted by molar-refractivity contribution is 9.10. The Kier molecular flexibility index (Phi) is 6.02. The molecule has 0 saturated carbocycles. The summed E-state index contributed by atoms with van der Waals surface area (Å²) >= 11 is 3.01. The molecule has 96 valence electrons. The van der Waals surface area contributed by atoms with E-state index >= 15 is 0 Å². The van der Waals surface area contributed by atoms with E-state index in [1.54, 1.807) is 0 Å². The van der Waals surface area contributed by atoms with Crippen molar-refractivity contribution in [2.45, 2.75) is 32.4 Å². The first-order valence-corrected chi connectivity index (χ1v) is 6.36. The monoisotopic (exact) mass is 307 g/mol. The maximum atomic E-state index is 13.5. The van der Waals surface area contributed by atoms with Crippen molar-refractivity contribution in [2.24, 2.45) is 0 Å². The van der Waals surface area contributed by atoms with Crippen LogP contribution in [-0.4, -0.2) is 17.8 Å². The molecule has 0 aliphatic heterocycles. The molecule has 2 nitrogen and oxygen atoms in total. The molecule has 0 radical (unpaired) electrons. The maximum absolute atomic E-state index is 13.5. The molecule has 0 spiro atoms. The number of hydrogen-bond acceptors (Lipinski definition) is 2. The molecule has 1 atom stereocenters. The van der Waals surface area contributed by atoms with Crippen molar-refractivity contribution >= 4 is 15.9 Å². The third kappa shape index (κ3) is 4.33. The number of hydrogen-bond donors (Lipinski definition) is 2. The predicted molar refractivity (Wildman–Crippen MR) is 66.7 cm³/mol. The van der Waals surface area contributed by atoms with Crippen LogP contribution in [0.2, 0.25) is 0 Å². The number of benzene rings is 1. The highest BCUT2D eigenvalue weighted by Gasteiger charge is 2.11. The van der Waals surface area contributed by atoms with Crippen LogP contribution in [0, 0.1) is 11.6 Å². The lowest BCUT2D eigenvalue weighted by Gasteiger charge is -2.10. The van der Waals surface area contributed by atoms with Crippen molar-refractivity contribution < 1.29 is 13.9 Å². The molecular weight excluding hydrogens is 292 g/mol. The topological polar surface area (TPSA) is 32.3 Å². The fourth-order valence-corrected chi connectivity index (χ4v) is 1.79. The van der Waals surface area contributed by atoms with Crippen LogP contribution in [0.15, 0.2) is 16.6 Å². The lowest BCUT2D eigenvalue weighted by Crippen LogP contribution is -2.21. The van der Waals surface area contributed by atoms with E-state index < -0.39 is 11.6 Å². The molecule has 2 N–H and O–H groups in total. The van der Waals surface area contributed by atoms with Gasteiger partial charge in [0.05, 0.1) is 10.6 Å². The molecule has 0 fully saturated rings. The van der Waals surface area contributed by atoms with Gasteiger partial charge in [0.15, 0.2) is 0 Å². The molecule has 5 heteroatoms. The first kappa shape index (κ1) is 14.5. The lowest BCUT2D eigenvalue weighted by molar-refractivity contribution is 0.159. The van der Waals surface area contributed by atoms with E-state index in [1.807, 2.05) is 6.92 Å². The molecule has 1 unspecified atom stereocenters. The summed E-state index contributed by atoms with van der Waals surface area (Å²) in [4.78, 5) is 0. The van der Waals surface area contributed by atoms with Crippen molar-refractivity contribution in [3.63, 3.8) is 0 Å². The molecule has 17 heavy (non-hydrogen) atoms. The fraction of sp³-hybridized carbons (Fsp3) is 0.500. The van der Waals surface area contributed by atoms with Gasteiger partial charge in [0.2, 0.25) is 0 Å². The van der Waals surface area contributed by atoms with E-state index in [9.17, 15) is 13.9 Å². The van der Waals surface area contributed by atoms with Gasteiger partial charge >= 0.3 is 0 Å². The SMILES string of the molecule is CCC(O)CCNCc1c(F)ccc(Br)c1F. The zero-order valence-electron chi connectivity index (χ0n) is 9.64. The normalized spacial score (nSPS) is 12.8. The zero-order chi connectivity index (χ0) is 12.8. The van der Waals surface area contributed by atoms with Crippen LogP contribution in [-0.2, 0) is 6.54 Å². The molecular formula is C12H16BrF2NO. The molecule has 1 aromatic rings. The standard InChI is InChI=1S/C12H16BrF2NO/c1-2-8(17)5-6-16-7-9-11(14)4-3-10(13)12(9)15/h3-4,8,16-17H,2,5-7H2,1H3. The summed E-state index contributed by atoms with van der Waals surface area (Å²) in [6, 6.07) is 2.57. The second-order valence-electron chi connectivity index (χ2n) is 3.85. The molecule has 0 amide bonds. The Morgan fingerprint density at radius 2 is 2.12 bits per heavy atom. The minimum absolute atomic E-state index is 0.0189. The van der Waals surface area contributed by atoms with Crippen LogP contribution in [0.4, 0.5) is 8.78 Å². The Balaban J connectivity index is 2.49. The summed E-state index contributed by atoms with van der Waals surface area (Å²) in [6.07, 6.45) is 0.898. The van der Waals surface area contributed by atoms with E-state index in [0.29, 0.717) is 19.4 Å². The molecule has 0 saturated heterocycles. The third-order valence-corrected chi connectivity index (χ3v) is 3.18. The van der Waals surface area contributed by atoms with Crippen LogP contribution in [0.1, 0.15) is 25.3 Å². The number of aliphatic hydroxyl groups excluding tert-OH is 1. The minimum atomic E-state index is -0.575. The van der Waals surface area contributed by atoms with Gasteiger partial charge in [-0.05, 0) is 47.4 Å². The summed E-state index contributed by atoms with van der Waals surface area (Å²) in [5.41, 5.74) is 0.0189. The van der Waals surface area contributed by atoms with Crippen molar-refractivity contribution in [1.82, 2.24) is 5.32 Å². The van der Waals surface area contributed by atoms with Crippen molar-refractivity contribution in [3.8, 4) is 0 Å². The smallest absolute Gasteiger partial charge is 0.144 e. The van der Waals surface area contributed by atoms with Crippen molar-refractivity contribution in [3.05, 3.63) is 33.8 Å². The fourth-order valence-electron chi connectivity index (χ4n) is 1.42. The van der Waals surface area contributed by atoms with Gasteiger partial charge < -0.3 is 10.4 Å². The number of aliphatic hydroxyl groups is 1. The van der Waals surface area contributed by atoms with Crippen LogP contribution in [0.25, 0.3) is 0 Å². The first-order chi connectivity index (χ1) is 8.06. The third-order valence-electron chi connectivity index (χ3n) is 2.57. The summed E-state index contributed by atoms with van der Waals surface area (Å²) in [6.45, 7) is 2.53. The number of rotatable bonds is 6. The molecule has 0 aliphatic rings. The predicted octanol–water partition coefficient (Wildman–Crippen LogP) is 2.98. The van der Waals surface area contributed by atoms with Gasteiger partial charge in [0, 0.05) is 12.1 Å². The van der Waals surface area contributed by atoms with Crippen molar-refractivity contribution in [1.29, 1.82) is 0 Å².